The van der Waals surface area contributed by atoms with Crippen molar-refractivity contribution in [2.45, 2.75) is 26.7 Å². The summed E-state index contributed by atoms with van der Waals surface area (Å²) in [5.74, 6) is -0.0406. The van der Waals surface area contributed by atoms with E-state index in [2.05, 4.69) is 13.8 Å². The van der Waals surface area contributed by atoms with Gasteiger partial charge in [-0.1, -0.05) is 37.0 Å². The summed E-state index contributed by atoms with van der Waals surface area (Å²) in [6.45, 7) is 5.59. The topological polar surface area (TPSA) is 20.3 Å². The zero-order chi connectivity index (χ0) is 12.8. The van der Waals surface area contributed by atoms with Crippen molar-refractivity contribution in [3.63, 3.8) is 0 Å². The van der Waals surface area contributed by atoms with Crippen molar-refractivity contribution in [1.29, 1.82) is 0 Å². The van der Waals surface area contributed by atoms with Gasteiger partial charge in [0.2, 0.25) is 0 Å². The molecule has 0 N–H and O–H groups in total. The average Bonchev–Trinajstić information content (AvgIpc) is 2.31. The lowest BCUT2D eigenvalue weighted by atomic mass is 10.2. The van der Waals surface area contributed by atoms with Gasteiger partial charge in [-0.15, -0.1) is 0 Å². The zero-order valence-electron chi connectivity index (χ0n) is 10.2. The number of carbonyl (C=O) groups is 1. The molecule has 1 aromatic carbocycles. The van der Waals surface area contributed by atoms with Gasteiger partial charge in [0.05, 0.1) is 10.6 Å². The molecule has 0 saturated heterocycles. The second-order valence-corrected chi connectivity index (χ2v) is 4.76. The lowest BCUT2D eigenvalue weighted by Crippen LogP contribution is -2.32. The molecule has 0 aliphatic heterocycles. The molecule has 0 atom stereocenters. The number of hydrogen-bond acceptors (Lipinski definition) is 1. The van der Waals surface area contributed by atoms with Gasteiger partial charge in [0, 0.05) is 18.1 Å². The molecular formula is C13H17Cl2NO. The maximum atomic E-state index is 12.3. The van der Waals surface area contributed by atoms with E-state index in [1.807, 2.05) is 4.90 Å². The van der Waals surface area contributed by atoms with E-state index in [1.165, 1.54) is 0 Å². The third-order valence-electron chi connectivity index (χ3n) is 2.43. The summed E-state index contributed by atoms with van der Waals surface area (Å²) in [4.78, 5) is 14.1. The molecule has 0 aliphatic carbocycles. The number of rotatable bonds is 5. The average molecular weight is 274 g/mol. The Hall–Kier alpha value is -0.730. The summed E-state index contributed by atoms with van der Waals surface area (Å²) >= 11 is 11.9. The van der Waals surface area contributed by atoms with Crippen LogP contribution in [-0.4, -0.2) is 23.9 Å². The Kier molecular flexibility index (Phi) is 5.79. The van der Waals surface area contributed by atoms with Crippen LogP contribution in [0, 0.1) is 0 Å². The largest absolute Gasteiger partial charge is 0.339 e. The van der Waals surface area contributed by atoms with Gasteiger partial charge in [-0.3, -0.25) is 4.79 Å². The van der Waals surface area contributed by atoms with E-state index in [0.29, 0.717) is 15.6 Å². The summed E-state index contributed by atoms with van der Waals surface area (Å²) in [6, 6.07) is 4.97. The molecule has 0 aromatic heterocycles. The fourth-order valence-corrected chi connectivity index (χ4v) is 2.06. The molecule has 4 heteroatoms. The van der Waals surface area contributed by atoms with Crippen molar-refractivity contribution in [1.82, 2.24) is 4.90 Å². The molecule has 0 bridgehead atoms. The standard InChI is InChI=1S/C13H17Cl2NO/c1-3-7-16(8-4-2)13(17)11-9-10(14)5-6-12(11)15/h5-6,9H,3-4,7-8H2,1-2H3. The Morgan fingerprint density at radius 2 is 1.76 bits per heavy atom. The maximum Gasteiger partial charge on any atom is 0.255 e. The lowest BCUT2D eigenvalue weighted by Gasteiger charge is -2.22. The van der Waals surface area contributed by atoms with Crippen LogP contribution in [0.1, 0.15) is 37.0 Å². The molecule has 0 saturated carbocycles. The second kappa shape index (κ2) is 6.87. The normalized spacial score (nSPS) is 10.4. The van der Waals surface area contributed by atoms with E-state index >= 15 is 0 Å². The van der Waals surface area contributed by atoms with Gasteiger partial charge < -0.3 is 4.90 Å². The molecule has 1 amide bonds. The van der Waals surface area contributed by atoms with E-state index in [1.54, 1.807) is 18.2 Å². The van der Waals surface area contributed by atoms with Crippen LogP contribution in [0.5, 0.6) is 0 Å². The van der Waals surface area contributed by atoms with Crippen LogP contribution in [0.2, 0.25) is 10.0 Å². The van der Waals surface area contributed by atoms with Crippen LogP contribution >= 0.6 is 23.2 Å². The van der Waals surface area contributed by atoms with Gasteiger partial charge in [0.25, 0.3) is 5.91 Å². The van der Waals surface area contributed by atoms with E-state index in [-0.39, 0.29) is 5.91 Å². The van der Waals surface area contributed by atoms with Gasteiger partial charge in [0.1, 0.15) is 0 Å². The lowest BCUT2D eigenvalue weighted by molar-refractivity contribution is 0.0756. The van der Waals surface area contributed by atoms with E-state index in [9.17, 15) is 4.79 Å². The first-order chi connectivity index (χ1) is 8.10. The van der Waals surface area contributed by atoms with Crippen LogP contribution in [0.3, 0.4) is 0 Å². The first-order valence-electron chi connectivity index (χ1n) is 5.84. The first-order valence-corrected chi connectivity index (χ1v) is 6.60. The number of benzene rings is 1. The molecule has 94 valence electrons. The minimum atomic E-state index is -0.0406. The Bertz CT molecular complexity index is 387. The summed E-state index contributed by atoms with van der Waals surface area (Å²) in [5, 5.41) is 0.988. The van der Waals surface area contributed by atoms with E-state index in [0.717, 1.165) is 25.9 Å². The molecule has 17 heavy (non-hydrogen) atoms. The smallest absolute Gasteiger partial charge is 0.255 e. The fourth-order valence-electron chi connectivity index (χ4n) is 1.69. The van der Waals surface area contributed by atoms with Crippen molar-refractivity contribution in [3.05, 3.63) is 33.8 Å². The van der Waals surface area contributed by atoms with Gasteiger partial charge in [-0.25, -0.2) is 0 Å². The minimum Gasteiger partial charge on any atom is -0.339 e. The van der Waals surface area contributed by atoms with Crippen molar-refractivity contribution in [3.8, 4) is 0 Å². The predicted octanol–water partition coefficient (Wildman–Crippen LogP) is 4.26. The maximum absolute atomic E-state index is 12.3. The monoisotopic (exact) mass is 273 g/mol. The molecule has 0 fully saturated rings. The summed E-state index contributed by atoms with van der Waals surface area (Å²) in [6.07, 6.45) is 1.87. The van der Waals surface area contributed by atoms with Crippen molar-refractivity contribution < 1.29 is 4.79 Å². The zero-order valence-corrected chi connectivity index (χ0v) is 11.7. The Balaban J connectivity index is 2.95. The third-order valence-corrected chi connectivity index (χ3v) is 3.00. The van der Waals surface area contributed by atoms with E-state index in [4.69, 9.17) is 23.2 Å². The quantitative estimate of drug-likeness (QED) is 0.785. The number of halogens is 2. The second-order valence-electron chi connectivity index (χ2n) is 3.92. The highest BCUT2D eigenvalue weighted by Crippen LogP contribution is 2.22. The van der Waals surface area contributed by atoms with Gasteiger partial charge in [0.15, 0.2) is 0 Å². The van der Waals surface area contributed by atoms with Gasteiger partial charge in [-0.05, 0) is 31.0 Å². The SMILES string of the molecule is CCCN(CCC)C(=O)c1cc(Cl)ccc1Cl. The highest BCUT2D eigenvalue weighted by Gasteiger charge is 2.17. The summed E-state index contributed by atoms with van der Waals surface area (Å²) < 4.78 is 0. The van der Waals surface area contributed by atoms with Crippen LogP contribution in [0.25, 0.3) is 0 Å². The number of nitrogens with zero attached hydrogens (tertiary/aromatic N) is 1. The molecule has 1 aromatic rings. The highest BCUT2D eigenvalue weighted by atomic mass is 35.5. The Morgan fingerprint density at radius 1 is 1.18 bits per heavy atom. The molecule has 0 unspecified atom stereocenters. The predicted molar refractivity (Wildman–Crippen MR) is 72.9 cm³/mol. The molecule has 2 nitrogen and oxygen atoms in total. The molecule has 0 radical (unpaired) electrons. The molecule has 0 heterocycles. The molecule has 1 rings (SSSR count). The third kappa shape index (κ3) is 3.90. The van der Waals surface area contributed by atoms with Crippen LogP contribution in [-0.2, 0) is 0 Å². The first kappa shape index (κ1) is 14.3. The molecular weight excluding hydrogens is 257 g/mol. The summed E-state index contributed by atoms with van der Waals surface area (Å²) in [5.41, 5.74) is 0.487. The van der Waals surface area contributed by atoms with Crippen molar-refractivity contribution in [2.24, 2.45) is 0 Å². The van der Waals surface area contributed by atoms with Gasteiger partial charge in [-0.2, -0.15) is 0 Å². The highest BCUT2D eigenvalue weighted by molar-refractivity contribution is 6.35. The van der Waals surface area contributed by atoms with E-state index < -0.39 is 0 Å². The van der Waals surface area contributed by atoms with Gasteiger partial charge >= 0.3 is 0 Å². The molecule has 0 aliphatic rings. The fraction of sp³-hybridized carbons (Fsp3) is 0.462. The van der Waals surface area contributed by atoms with Crippen LogP contribution < -0.4 is 0 Å². The van der Waals surface area contributed by atoms with Crippen LogP contribution in [0.4, 0.5) is 0 Å². The Morgan fingerprint density at radius 3 is 2.29 bits per heavy atom. The number of hydrogen-bond donors (Lipinski definition) is 0. The van der Waals surface area contributed by atoms with Crippen LogP contribution in [0.15, 0.2) is 18.2 Å². The molecule has 0 spiro atoms. The number of amides is 1. The van der Waals surface area contributed by atoms with Crippen molar-refractivity contribution in [2.75, 3.05) is 13.1 Å². The Labute approximate surface area is 113 Å². The van der Waals surface area contributed by atoms with Crippen molar-refractivity contribution >= 4 is 29.1 Å². The minimum absolute atomic E-state index is 0.0406. The number of carbonyl (C=O) groups excluding carboxylic acids is 1. The summed E-state index contributed by atoms with van der Waals surface area (Å²) in [7, 11) is 0.